The van der Waals surface area contributed by atoms with Crippen LogP contribution in [0.15, 0.2) is 11.4 Å². The summed E-state index contributed by atoms with van der Waals surface area (Å²) in [6, 6.07) is 0.941. The summed E-state index contributed by atoms with van der Waals surface area (Å²) in [4.78, 5) is 26.3. The molecule has 1 atom stereocenters. The number of amides is 2. The molecule has 5 nitrogen and oxygen atoms in total. The van der Waals surface area contributed by atoms with Crippen LogP contribution in [-0.4, -0.2) is 46.6 Å². The smallest absolute Gasteiger partial charge is 0.326 e. The maximum absolute atomic E-state index is 12.2. The molecular formula is C13H18N2O3S2. The molecule has 7 heteroatoms. The first-order valence-corrected chi connectivity index (χ1v) is 8.71. The number of carboxylic acid groups (broad SMARTS) is 1. The molecule has 2 rings (SSSR count). The Morgan fingerprint density at radius 3 is 3.10 bits per heavy atom. The fraction of sp³-hybridized carbons (Fsp3) is 0.538. The standard InChI is InChI=1S/C13H18N2O3S2/c1-19-6-4-10(12(16)17)14-13(18)15-5-2-11-9(8-15)3-7-20-11/h3,7,10H,2,4-6,8H2,1H3,(H,14,18)(H,16,17)/t10-/m1/s1. The van der Waals surface area contributed by atoms with Crippen LogP contribution in [0, 0.1) is 0 Å². The van der Waals surface area contributed by atoms with E-state index < -0.39 is 12.0 Å². The fourth-order valence-corrected chi connectivity index (χ4v) is 3.52. The Morgan fingerprint density at radius 1 is 1.60 bits per heavy atom. The monoisotopic (exact) mass is 314 g/mol. The van der Waals surface area contributed by atoms with Gasteiger partial charge in [-0.15, -0.1) is 11.3 Å². The number of nitrogens with zero attached hydrogens (tertiary/aromatic N) is 1. The minimum absolute atomic E-state index is 0.282. The van der Waals surface area contributed by atoms with Crippen LogP contribution in [0.3, 0.4) is 0 Å². The molecule has 0 saturated carbocycles. The van der Waals surface area contributed by atoms with Crippen molar-refractivity contribution in [3.63, 3.8) is 0 Å². The Hall–Kier alpha value is -1.21. The molecule has 1 aliphatic rings. The van der Waals surface area contributed by atoms with Gasteiger partial charge in [0.2, 0.25) is 0 Å². The number of rotatable bonds is 5. The average molecular weight is 314 g/mol. The van der Waals surface area contributed by atoms with Crippen LogP contribution >= 0.6 is 23.1 Å². The molecule has 0 aromatic carbocycles. The van der Waals surface area contributed by atoms with Crippen molar-refractivity contribution in [3.8, 4) is 0 Å². The van der Waals surface area contributed by atoms with Crippen molar-refractivity contribution in [2.24, 2.45) is 0 Å². The largest absolute Gasteiger partial charge is 0.480 e. The molecule has 20 heavy (non-hydrogen) atoms. The van der Waals surface area contributed by atoms with Gasteiger partial charge >= 0.3 is 12.0 Å². The summed E-state index contributed by atoms with van der Waals surface area (Å²) in [6.45, 7) is 1.22. The maximum atomic E-state index is 12.2. The third kappa shape index (κ3) is 3.67. The van der Waals surface area contributed by atoms with E-state index in [1.807, 2.05) is 17.7 Å². The van der Waals surface area contributed by atoms with E-state index in [9.17, 15) is 9.59 Å². The number of carbonyl (C=O) groups excluding carboxylic acids is 1. The molecule has 2 N–H and O–H groups in total. The Morgan fingerprint density at radius 2 is 2.40 bits per heavy atom. The summed E-state index contributed by atoms with van der Waals surface area (Å²) >= 11 is 3.29. The van der Waals surface area contributed by atoms with Crippen molar-refractivity contribution in [1.29, 1.82) is 0 Å². The van der Waals surface area contributed by atoms with Crippen molar-refractivity contribution >= 4 is 35.1 Å². The van der Waals surface area contributed by atoms with Crippen molar-refractivity contribution in [3.05, 3.63) is 21.9 Å². The SMILES string of the molecule is CSCC[C@@H](NC(=O)N1CCc2sccc2C1)C(=O)O. The van der Waals surface area contributed by atoms with Crippen molar-refractivity contribution in [2.45, 2.75) is 25.4 Å². The molecule has 1 aromatic heterocycles. The van der Waals surface area contributed by atoms with Crippen LogP contribution < -0.4 is 5.32 Å². The molecule has 2 heterocycles. The van der Waals surface area contributed by atoms with E-state index in [1.54, 1.807) is 28.0 Å². The number of hydrogen-bond donors (Lipinski definition) is 2. The highest BCUT2D eigenvalue weighted by atomic mass is 32.2. The lowest BCUT2D eigenvalue weighted by Gasteiger charge is -2.28. The molecule has 0 radical (unpaired) electrons. The van der Waals surface area contributed by atoms with E-state index in [4.69, 9.17) is 5.11 Å². The molecule has 2 amide bonds. The van der Waals surface area contributed by atoms with E-state index in [1.165, 1.54) is 10.4 Å². The molecule has 1 aromatic rings. The van der Waals surface area contributed by atoms with Gasteiger partial charge in [0.1, 0.15) is 6.04 Å². The van der Waals surface area contributed by atoms with Crippen LogP contribution in [0.25, 0.3) is 0 Å². The normalized spacial score (nSPS) is 15.6. The van der Waals surface area contributed by atoms with Gasteiger partial charge in [-0.2, -0.15) is 11.8 Å². The Balaban J connectivity index is 1.92. The van der Waals surface area contributed by atoms with E-state index in [0.29, 0.717) is 25.3 Å². The molecule has 1 aliphatic heterocycles. The zero-order valence-electron chi connectivity index (χ0n) is 11.3. The van der Waals surface area contributed by atoms with E-state index in [2.05, 4.69) is 5.32 Å². The van der Waals surface area contributed by atoms with Crippen LogP contribution in [0.2, 0.25) is 0 Å². The molecule has 0 bridgehead atoms. The predicted octanol–water partition coefficient (Wildman–Crippen LogP) is 2.02. The Labute approximate surface area is 126 Å². The molecule has 0 fully saturated rings. The van der Waals surface area contributed by atoms with E-state index in [0.717, 1.165) is 6.42 Å². The Kier molecular flexibility index (Phi) is 5.31. The summed E-state index contributed by atoms with van der Waals surface area (Å²) in [5.41, 5.74) is 1.17. The first-order chi connectivity index (χ1) is 9.61. The first-order valence-electron chi connectivity index (χ1n) is 6.44. The quantitative estimate of drug-likeness (QED) is 0.872. The molecule has 110 valence electrons. The van der Waals surface area contributed by atoms with Crippen LogP contribution in [0.1, 0.15) is 16.9 Å². The highest BCUT2D eigenvalue weighted by Crippen LogP contribution is 2.23. The lowest BCUT2D eigenvalue weighted by atomic mass is 10.1. The van der Waals surface area contributed by atoms with E-state index >= 15 is 0 Å². The highest BCUT2D eigenvalue weighted by Gasteiger charge is 2.25. The summed E-state index contributed by atoms with van der Waals surface area (Å²) in [7, 11) is 0. The number of carboxylic acids is 1. The third-order valence-corrected chi connectivity index (χ3v) is 4.97. The number of urea groups is 1. The summed E-state index contributed by atoms with van der Waals surface area (Å²) in [5.74, 6) is -0.257. The summed E-state index contributed by atoms with van der Waals surface area (Å²) in [6.07, 6.45) is 3.21. The number of hydrogen-bond acceptors (Lipinski definition) is 4. The maximum Gasteiger partial charge on any atom is 0.326 e. The lowest BCUT2D eigenvalue weighted by molar-refractivity contribution is -0.139. The zero-order chi connectivity index (χ0) is 14.5. The van der Waals surface area contributed by atoms with Gasteiger partial charge in [0.05, 0.1) is 0 Å². The summed E-state index contributed by atoms with van der Waals surface area (Å²) in [5, 5.41) is 13.8. The Bertz CT molecular complexity index is 490. The first kappa shape index (κ1) is 15.2. The number of thiophene rings is 1. The number of aliphatic carboxylic acids is 1. The minimum atomic E-state index is -0.972. The van der Waals surface area contributed by atoms with Gasteiger partial charge in [-0.3, -0.25) is 0 Å². The lowest BCUT2D eigenvalue weighted by Crippen LogP contribution is -2.49. The minimum Gasteiger partial charge on any atom is -0.480 e. The average Bonchev–Trinajstić information content (AvgIpc) is 2.90. The van der Waals surface area contributed by atoms with E-state index in [-0.39, 0.29) is 6.03 Å². The molecule has 0 spiro atoms. The predicted molar refractivity (Wildman–Crippen MR) is 81.4 cm³/mol. The van der Waals surface area contributed by atoms with Gasteiger partial charge in [0.25, 0.3) is 0 Å². The number of thioether (sulfide) groups is 1. The summed E-state index contributed by atoms with van der Waals surface area (Å²) < 4.78 is 0. The van der Waals surface area contributed by atoms with Crippen LogP contribution in [0.4, 0.5) is 4.79 Å². The van der Waals surface area contributed by atoms with Gasteiger partial charge in [0.15, 0.2) is 0 Å². The van der Waals surface area contributed by atoms with Crippen molar-refractivity contribution < 1.29 is 14.7 Å². The molecule has 0 saturated heterocycles. The third-order valence-electron chi connectivity index (χ3n) is 3.30. The van der Waals surface area contributed by atoms with Gasteiger partial charge in [-0.05, 0) is 41.9 Å². The van der Waals surface area contributed by atoms with Crippen molar-refractivity contribution in [1.82, 2.24) is 10.2 Å². The number of nitrogens with one attached hydrogen (secondary N) is 1. The zero-order valence-corrected chi connectivity index (χ0v) is 12.9. The molecule has 0 aliphatic carbocycles. The van der Waals surface area contributed by atoms with Gasteiger partial charge in [-0.1, -0.05) is 0 Å². The van der Waals surface area contributed by atoms with Gasteiger partial charge in [0, 0.05) is 18.0 Å². The second-order valence-electron chi connectivity index (χ2n) is 4.66. The number of carbonyl (C=O) groups is 2. The second-order valence-corrected chi connectivity index (χ2v) is 6.65. The second kappa shape index (κ2) is 6.99. The van der Waals surface area contributed by atoms with Crippen LogP contribution in [-0.2, 0) is 17.8 Å². The van der Waals surface area contributed by atoms with Crippen LogP contribution in [0.5, 0.6) is 0 Å². The fourth-order valence-electron chi connectivity index (χ4n) is 2.16. The van der Waals surface area contributed by atoms with Gasteiger partial charge < -0.3 is 15.3 Å². The van der Waals surface area contributed by atoms with Crippen molar-refractivity contribution in [2.75, 3.05) is 18.6 Å². The topological polar surface area (TPSA) is 69.6 Å². The van der Waals surface area contributed by atoms with Gasteiger partial charge in [-0.25, -0.2) is 9.59 Å². The molecular weight excluding hydrogens is 296 g/mol. The molecule has 0 unspecified atom stereocenters. The highest BCUT2D eigenvalue weighted by molar-refractivity contribution is 7.98. The number of fused-ring (bicyclic) bond motifs is 1.